The van der Waals surface area contributed by atoms with Crippen LogP contribution in [0.5, 0.6) is 0 Å². The minimum absolute atomic E-state index is 0.0401. The van der Waals surface area contributed by atoms with Crippen molar-refractivity contribution in [1.29, 1.82) is 0 Å². The number of benzene rings is 1. The predicted octanol–water partition coefficient (Wildman–Crippen LogP) is 3.23. The smallest absolute Gasteiger partial charge is 0.262 e. The van der Waals surface area contributed by atoms with E-state index in [1.54, 1.807) is 25.3 Å². The van der Waals surface area contributed by atoms with Gasteiger partial charge in [-0.05, 0) is 36.9 Å². The number of imidazole rings is 1. The molecule has 0 bridgehead atoms. The lowest BCUT2D eigenvalue weighted by Crippen LogP contribution is -2.30. The van der Waals surface area contributed by atoms with E-state index in [2.05, 4.69) is 35.3 Å². The Morgan fingerprint density at radius 1 is 1.15 bits per heavy atom. The van der Waals surface area contributed by atoms with E-state index >= 15 is 4.39 Å². The lowest BCUT2D eigenvalue weighted by Gasteiger charge is -2.16. The average Bonchev–Trinajstić information content (AvgIpc) is 3.55. The van der Waals surface area contributed by atoms with E-state index in [1.807, 2.05) is 16.9 Å². The van der Waals surface area contributed by atoms with Crippen LogP contribution in [0.15, 0.2) is 43.0 Å². The molecule has 0 saturated carbocycles. The number of nitrogen functional groups attached to an aromatic ring is 1. The largest absolute Gasteiger partial charge is 0.396 e. The summed E-state index contributed by atoms with van der Waals surface area (Å²) in [6.07, 6.45) is 7.58. The maximum atomic E-state index is 15.5. The fourth-order valence-electron chi connectivity index (χ4n) is 5.35. The third kappa shape index (κ3) is 3.48. The molecule has 0 saturated heterocycles. The summed E-state index contributed by atoms with van der Waals surface area (Å²) in [5, 5.41) is 22.2. The zero-order valence-electron chi connectivity index (χ0n) is 21.2. The Labute approximate surface area is 221 Å². The van der Waals surface area contributed by atoms with Crippen molar-refractivity contribution in [3.63, 3.8) is 0 Å². The summed E-state index contributed by atoms with van der Waals surface area (Å²) in [4.78, 5) is 25.4. The van der Waals surface area contributed by atoms with E-state index in [1.165, 1.54) is 19.3 Å². The summed E-state index contributed by atoms with van der Waals surface area (Å²) in [6, 6.07) is 5.46. The first-order valence-electron chi connectivity index (χ1n) is 12.5. The van der Waals surface area contributed by atoms with Crippen LogP contribution in [0.25, 0.3) is 21.9 Å². The van der Waals surface area contributed by atoms with Gasteiger partial charge < -0.3 is 26.0 Å². The van der Waals surface area contributed by atoms with Crippen LogP contribution >= 0.6 is 0 Å². The highest BCUT2D eigenvalue weighted by Crippen LogP contribution is 2.42. The third-order valence-electron chi connectivity index (χ3n) is 7.59. The van der Waals surface area contributed by atoms with Crippen molar-refractivity contribution in [2.45, 2.75) is 39.0 Å². The van der Waals surface area contributed by atoms with Gasteiger partial charge in [0.15, 0.2) is 17.2 Å². The van der Waals surface area contributed by atoms with Gasteiger partial charge >= 0.3 is 0 Å². The number of rotatable bonds is 3. The second-order valence-corrected chi connectivity index (χ2v) is 10.1. The number of amides is 1. The molecule has 11 nitrogen and oxygen atoms in total. The number of aryl methyl sites for hydroxylation is 2. The lowest BCUT2D eigenvalue weighted by atomic mass is 9.95. The van der Waals surface area contributed by atoms with E-state index in [0.29, 0.717) is 45.8 Å². The van der Waals surface area contributed by atoms with Crippen LogP contribution in [0.2, 0.25) is 0 Å². The number of aromatic nitrogens is 6. The predicted molar refractivity (Wildman–Crippen MR) is 143 cm³/mol. The molecule has 196 valence electrons. The molecule has 0 fully saturated rings. The van der Waals surface area contributed by atoms with Crippen molar-refractivity contribution in [2.75, 3.05) is 16.4 Å². The molecule has 0 radical (unpaired) electrons. The van der Waals surface area contributed by atoms with Gasteiger partial charge in [0.25, 0.3) is 5.91 Å². The molecule has 7 rings (SSSR count). The molecular weight excluding hydrogens is 501 g/mol. The van der Waals surface area contributed by atoms with Gasteiger partial charge in [0.2, 0.25) is 0 Å². The van der Waals surface area contributed by atoms with Crippen LogP contribution in [-0.2, 0) is 29.9 Å². The maximum absolute atomic E-state index is 15.5. The Bertz CT molecular complexity index is 1840. The fraction of sp³-hybridized carbons (Fsp3) is 0.222. The molecular formula is C27H24FN9O2. The molecule has 1 unspecified atom stereocenters. The van der Waals surface area contributed by atoms with E-state index in [0.717, 1.165) is 24.5 Å². The molecule has 1 amide bonds. The second-order valence-electron chi connectivity index (χ2n) is 10.1. The van der Waals surface area contributed by atoms with Crippen LogP contribution in [0.1, 0.15) is 29.7 Å². The number of nitrogens with zero attached hydrogens (tertiary/aromatic N) is 6. The van der Waals surface area contributed by atoms with Gasteiger partial charge in [-0.15, -0.1) is 0 Å². The summed E-state index contributed by atoms with van der Waals surface area (Å²) in [5.41, 5.74) is 7.36. The number of anilines is 4. The van der Waals surface area contributed by atoms with Crippen LogP contribution in [-0.4, -0.2) is 40.3 Å². The highest BCUT2D eigenvalue weighted by Gasteiger charge is 2.43. The van der Waals surface area contributed by atoms with Crippen LogP contribution in [0.4, 0.5) is 27.4 Å². The van der Waals surface area contributed by atoms with Gasteiger partial charge in [-0.25, -0.2) is 14.4 Å². The fourth-order valence-corrected chi connectivity index (χ4v) is 5.35. The van der Waals surface area contributed by atoms with Crippen molar-refractivity contribution >= 4 is 39.7 Å². The van der Waals surface area contributed by atoms with Gasteiger partial charge in [-0.3, -0.25) is 14.5 Å². The molecule has 6 heterocycles. The molecule has 0 spiro atoms. The zero-order valence-corrected chi connectivity index (χ0v) is 21.2. The van der Waals surface area contributed by atoms with Gasteiger partial charge in [0.1, 0.15) is 17.3 Å². The van der Waals surface area contributed by atoms with E-state index < -0.39 is 17.3 Å². The summed E-state index contributed by atoms with van der Waals surface area (Å²) in [6.45, 7) is 4.54. The molecule has 5 N–H and O–H groups in total. The topological polar surface area (TPSA) is 149 Å². The number of nitrogens with two attached hydrogens (primary N) is 1. The number of hydrogen-bond donors (Lipinski definition) is 4. The van der Waals surface area contributed by atoms with E-state index in [4.69, 9.17) is 5.73 Å². The normalized spacial score (nSPS) is 17.9. The highest BCUT2D eigenvalue weighted by molar-refractivity contribution is 6.06. The van der Waals surface area contributed by atoms with Crippen molar-refractivity contribution in [2.24, 2.45) is 0 Å². The Morgan fingerprint density at radius 2 is 2.00 bits per heavy atom. The SMILES string of the molecule is Cc1c(-c2cc3cc(Nc4cc5n(n4)Cc4nccn4CC5)ncc3c(N)c2F)cnc2c1NC(=O)C2(C)O. The maximum Gasteiger partial charge on any atom is 0.262 e. The number of nitrogens with one attached hydrogen (secondary N) is 2. The number of aliphatic hydroxyl groups is 1. The molecule has 12 heteroatoms. The third-order valence-corrected chi connectivity index (χ3v) is 7.59. The van der Waals surface area contributed by atoms with Gasteiger partial charge in [-0.2, -0.15) is 5.10 Å². The van der Waals surface area contributed by atoms with Gasteiger partial charge in [0.05, 0.1) is 17.9 Å². The van der Waals surface area contributed by atoms with Gasteiger partial charge in [-0.1, -0.05) is 0 Å². The minimum Gasteiger partial charge on any atom is -0.396 e. The monoisotopic (exact) mass is 525 g/mol. The summed E-state index contributed by atoms with van der Waals surface area (Å²) in [5.74, 6) is 0.946. The number of halogens is 1. The number of pyridine rings is 2. The first-order chi connectivity index (χ1) is 18.7. The lowest BCUT2D eigenvalue weighted by molar-refractivity contribution is -0.132. The molecule has 2 aliphatic heterocycles. The molecule has 2 aliphatic rings. The van der Waals surface area contributed by atoms with Gasteiger partial charge in [0, 0.05) is 66.0 Å². The molecule has 0 aliphatic carbocycles. The standard InChI is InChI=1S/C27H24FN9O2/c1-13-17(10-32-25-24(13)34-26(38)27(25,2)39)16-7-14-8-19(31-11-18(14)23(29)22(16)28)33-20-9-15-3-5-36-6-4-30-21(36)12-37(15)35-20/h4,6-11,39H,3,5,12,29H2,1-2H3,(H,34,38)(H,31,33,35). The summed E-state index contributed by atoms with van der Waals surface area (Å²) < 4.78 is 19.6. The van der Waals surface area contributed by atoms with Crippen LogP contribution in [0, 0.1) is 12.7 Å². The number of hydrogen-bond acceptors (Lipinski definition) is 8. The minimum atomic E-state index is -1.75. The highest BCUT2D eigenvalue weighted by atomic mass is 19.1. The van der Waals surface area contributed by atoms with Crippen molar-refractivity contribution < 1.29 is 14.3 Å². The zero-order chi connectivity index (χ0) is 27.1. The molecule has 39 heavy (non-hydrogen) atoms. The number of fused-ring (bicyclic) bond motifs is 4. The molecule has 1 atom stereocenters. The van der Waals surface area contributed by atoms with E-state index in [9.17, 15) is 9.90 Å². The van der Waals surface area contributed by atoms with Crippen LogP contribution < -0.4 is 16.4 Å². The number of carbonyl (C=O) groups excluding carboxylic acids is 1. The average molecular weight is 526 g/mol. The van der Waals surface area contributed by atoms with Crippen molar-refractivity contribution in [1.82, 2.24) is 29.3 Å². The second kappa shape index (κ2) is 8.08. The van der Waals surface area contributed by atoms with E-state index in [-0.39, 0.29) is 16.9 Å². The molecule has 1 aromatic carbocycles. The molecule has 5 aromatic rings. The Morgan fingerprint density at radius 3 is 2.85 bits per heavy atom. The summed E-state index contributed by atoms with van der Waals surface area (Å²) in [7, 11) is 0. The van der Waals surface area contributed by atoms with Crippen molar-refractivity contribution in [3.05, 3.63) is 71.6 Å². The van der Waals surface area contributed by atoms with Crippen LogP contribution in [0.3, 0.4) is 0 Å². The Hall–Kier alpha value is -4.84. The quantitative estimate of drug-likeness (QED) is 0.262. The Kier molecular flexibility index (Phi) is 4.82. The first-order valence-corrected chi connectivity index (χ1v) is 12.5. The number of carbonyl (C=O) groups is 1. The van der Waals surface area contributed by atoms with Crippen molar-refractivity contribution in [3.8, 4) is 11.1 Å². The summed E-state index contributed by atoms with van der Waals surface area (Å²) >= 11 is 0. The Balaban J connectivity index is 1.25. The molecule has 4 aromatic heterocycles. The first kappa shape index (κ1) is 23.3.